The molecule has 8 heteroatoms. The van der Waals surface area contributed by atoms with E-state index in [0.29, 0.717) is 25.5 Å². The number of imide groups is 1. The molecule has 5 rings (SSSR count). The van der Waals surface area contributed by atoms with Crippen LogP contribution in [0, 0.1) is 0 Å². The highest BCUT2D eigenvalue weighted by atomic mass is 16.2. The maximum absolute atomic E-state index is 13.8. The molecule has 2 saturated heterocycles. The molecule has 2 fully saturated rings. The minimum atomic E-state index is -1.11. The number of carbonyl (C=O) groups excluding carboxylic acids is 2. The van der Waals surface area contributed by atoms with Crippen LogP contribution in [0.3, 0.4) is 0 Å². The molecule has 3 heterocycles. The number of amides is 3. The van der Waals surface area contributed by atoms with E-state index in [4.69, 9.17) is 0 Å². The number of piperazine rings is 1. The van der Waals surface area contributed by atoms with E-state index in [1.807, 2.05) is 60.7 Å². The predicted molar refractivity (Wildman–Crippen MR) is 124 cm³/mol. The number of hydrogen-bond donors (Lipinski definition) is 1. The first kappa shape index (κ1) is 21.1. The van der Waals surface area contributed by atoms with Crippen molar-refractivity contribution in [3.05, 3.63) is 90.3 Å². The maximum atomic E-state index is 13.8. The first-order chi connectivity index (χ1) is 16.2. The first-order valence-electron chi connectivity index (χ1n) is 11.1. The van der Waals surface area contributed by atoms with Crippen LogP contribution in [0.15, 0.2) is 79.1 Å². The van der Waals surface area contributed by atoms with Gasteiger partial charge in [0.25, 0.3) is 5.91 Å². The van der Waals surface area contributed by atoms with E-state index in [0.717, 1.165) is 24.2 Å². The second-order valence-corrected chi connectivity index (χ2v) is 8.39. The summed E-state index contributed by atoms with van der Waals surface area (Å²) < 4.78 is 0. The molecule has 2 aromatic carbocycles. The summed E-state index contributed by atoms with van der Waals surface area (Å²) >= 11 is 0. The van der Waals surface area contributed by atoms with Crippen LogP contribution in [0.25, 0.3) is 0 Å². The summed E-state index contributed by atoms with van der Waals surface area (Å²) in [6, 6.07) is 20.8. The lowest BCUT2D eigenvalue weighted by molar-refractivity contribution is -0.133. The Bertz CT molecular complexity index is 1100. The Hall–Kier alpha value is -3.78. The summed E-state index contributed by atoms with van der Waals surface area (Å²) in [5.74, 6) is 0.495. The summed E-state index contributed by atoms with van der Waals surface area (Å²) in [5, 5.41) is 3.04. The van der Waals surface area contributed by atoms with Gasteiger partial charge in [0.2, 0.25) is 5.95 Å². The number of anilines is 1. The van der Waals surface area contributed by atoms with Crippen molar-refractivity contribution in [3.63, 3.8) is 0 Å². The van der Waals surface area contributed by atoms with Crippen molar-refractivity contribution in [1.82, 2.24) is 25.1 Å². The molecule has 8 nitrogen and oxygen atoms in total. The zero-order valence-electron chi connectivity index (χ0n) is 18.3. The van der Waals surface area contributed by atoms with Gasteiger partial charge in [0.15, 0.2) is 5.54 Å². The predicted octanol–water partition coefficient (Wildman–Crippen LogP) is 2.25. The van der Waals surface area contributed by atoms with Crippen LogP contribution in [-0.4, -0.2) is 64.6 Å². The molecule has 3 amide bonds. The largest absolute Gasteiger partial charge is 0.338 e. The Kier molecular flexibility index (Phi) is 5.75. The van der Waals surface area contributed by atoms with E-state index in [1.165, 1.54) is 4.90 Å². The Morgan fingerprint density at radius 3 is 2.12 bits per heavy atom. The molecule has 3 aromatic rings. The van der Waals surface area contributed by atoms with Gasteiger partial charge < -0.3 is 10.2 Å². The van der Waals surface area contributed by atoms with Crippen LogP contribution < -0.4 is 10.2 Å². The van der Waals surface area contributed by atoms with E-state index in [1.54, 1.807) is 18.5 Å². The van der Waals surface area contributed by atoms with Crippen molar-refractivity contribution in [2.45, 2.75) is 12.0 Å². The summed E-state index contributed by atoms with van der Waals surface area (Å²) in [6.45, 7) is 3.17. The Morgan fingerprint density at radius 2 is 1.45 bits per heavy atom. The average molecular weight is 443 g/mol. The van der Waals surface area contributed by atoms with Gasteiger partial charge >= 0.3 is 6.03 Å². The van der Waals surface area contributed by atoms with E-state index in [9.17, 15) is 9.59 Å². The lowest BCUT2D eigenvalue weighted by atomic mass is 9.83. The summed E-state index contributed by atoms with van der Waals surface area (Å²) in [4.78, 5) is 41.1. The highest BCUT2D eigenvalue weighted by molar-refractivity contribution is 6.07. The molecule has 1 unspecified atom stereocenters. The third-order valence-electron chi connectivity index (χ3n) is 6.30. The zero-order valence-corrected chi connectivity index (χ0v) is 18.3. The number of benzene rings is 2. The molecular weight excluding hydrogens is 416 g/mol. The van der Waals surface area contributed by atoms with Gasteiger partial charge in [-0.15, -0.1) is 0 Å². The van der Waals surface area contributed by atoms with Gasteiger partial charge in [0.1, 0.15) is 0 Å². The summed E-state index contributed by atoms with van der Waals surface area (Å²) in [6.07, 6.45) is 3.87. The van der Waals surface area contributed by atoms with Crippen molar-refractivity contribution in [3.8, 4) is 0 Å². The number of urea groups is 1. The number of aromatic nitrogens is 2. The molecule has 2 aliphatic rings. The highest BCUT2D eigenvalue weighted by Gasteiger charge is 2.52. The van der Waals surface area contributed by atoms with Crippen molar-refractivity contribution >= 4 is 17.9 Å². The molecule has 0 aliphatic carbocycles. The SMILES string of the molecule is O=C1NC(Cc2ccccc2)(c2ccccc2)C(=O)N1CN1CCN(c2ncccn2)CC1. The Balaban J connectivity index is 1.33. The molecule has 1 atom stereocenters. The Morgan fingerprint density at radius 1 is 0.818 bits per heavy atom. The highest BCUT2D eigenvalue weighted by Crippen LogP contribution is 2.33. The van der Waals surface area contributed by atoms with Gasteiger partial charge in [0, 0.05) is 45.0 Å². The van der Waals surface area contributed by atoms with Crippen LogP contribution >= 0.6 is 0 Å². The molecule has 1 aromatic heterocycles. The number of nitrogens with zero attached hydrogens (tertiary/aromatic N) is 5. The maximum Gasteiger partial charge on any atom is 0.326 e. The van der Waals surface area contributed by atoms with Gasteiger partial charge in [-0.3, -0.25) is 9.69 Å². The second-order valence-electron chi connectivity index (χ2n) is 8.39. The topological polar surface area (TPSA) is 81.7 Å². The molecule has 2 aliphatic heterocycles. The molecule has 0 radical (unpaired) electrons. The van der Waals surface area contributed by atoms with Crippen LogP contribution in [0.5, 0.6) is 0 Å². The quantitative estimate of drug-likeness (QED) is 0.590. The lowest BCUT2D eigenvalue weighted by Gasteiger charge is -2.36. The van der Waals surface area contributed by atoms with Crippen LogP contribution in [0.2, 0.25) is 0 Å². The van der Waals surface area contributed by atoms with Crippen LogP contribution in [0.4, 0.5) is 10.7 Å². The average Bonchev–Trinajstić information content (AvgIpc) is 3.11. The molecule has 33 heavy (non-hydrogen) atoms. The summed E-state index contributed by atoms with van der Waals surface area (Å²) in [5.41, 5.74) is 0.674. The van der Waals surface area contributed by atoms with Crippen LogP contribution in [0.1, 0.15) is 11.1 Å². The minimum Gasteiger partial charge on any atom is -0.338 e. The van der Waals surface area contributed by atoms with Gasteiger partial charge in [-0.1, -0.05) is 60.7 Å². The van der Waals surface area contributed by atoms with Crippen molar-refractivity contribution in [1.29, 1.82) is 0 Å². The number of rotatable bonds is 6. The molecule has 0 bridgehead atoms. The molecule has 1 N–H and O–H groups in total. The summed E-state index contributed by atoms with van der Waals surface area (Å²) in [7, 11) is 0. The van der Waals surface area contributed by atoms with Gasteiger partial charge in [0.05, 0.1) is 6.67 Å². The third kappa shape index (κ3) is 4.17. The molecular formula is C25H26N6O2. The second kappa shape index (κ2) is 8.99. The van der Waals surface area contributed by atoms with Gasteiger partial charge in [-0.2, -0.15) is 0 Å². The molecule has 0 saturated carbocycles. The standard InChI is InChI=1S/C25H26N6O2/c32-22-25(21-10-5-2-6-11-21,18-20-8-3-1-4-9-20)28-24(33)31(22)19-29-14-16-30(17-15-29)23-26-12-7-13-27-23/h1-13H,14-19H2,(H,28,33). The molecule has 168 valence electrons. The number of hydrogen-bond acceptors (Lipinski definition) is 6. The van der Waals surface area contributed by atoms with Crippen LogP contribution in [-0.2, 0) is 16.8 Å². The normalized spacial score (nSPS) is 21.3. The van der Waals surface area contributed by atoms with E-state index in [2.05, 4.69) is 25.1 Å². The fourth-order valence-electron chi connectivity index (χ4n) is 4.54. The number of nitrogens with one attached hydrogen (secondary N) is 1. The fraction of sp³-hybridized carbons (Fsp3) is 0.280. The molecule has 0 spiro atoms. The monoisotopic (exact) mass is 442 g/mol. The van der Waals surface area contributed by atoms with Crippen molar-refractivity contribution in [2.75, 3.05) is 37.7 Å². The zero-order chi connectivity index (χ0) is 22.7. The van der Waals surface area contributed by atoms with E-state index < -0.39 is 5.54 Å². The van der Waals surface area contributed by atoms with Gasteiger partial charge in [-0.25, -0.2) is 19.7 Å². The number of carbonyl (C=O) groups is 2. The lowest BCUT2D eigenvalue weighted by Crippen LogP contribution is -2.52. The van der Waals surface area contributed by atoms with E-state index >= 15 is 0 Å². The smallest absolute Gasteiger partial charge is 0.326 e. The van der Waals surface area contributed by atoms with Gasteiger partial charge in [-0.05, 0) is 17.2 Å². The third-order valence-corrected chi connectivity index (χ3v) is 6.30. The fourth-order valence-corrected chi connectivity index (χ4v) is 4.54. The Labute approximate surface area is 192 Å². The van der Waals surface area contributed by atoms with E-state index in [-0.39, 0.29) is 18.6 Å². The minimum absolute atomic E-state index is 0.212. The first-order valence-corrected chi connectivity index (χ1v) is 11.1. The van der Waals surface area contributed by atoms with Crippen molar-refractivity contribution in [2.24, 2.45) is 0 Å². The van der Waals surface area contributed by atoms with Crippen molar-refractivity contribution < 1.29 is 9.59 Å².